The lowest BCUT2D eigenvalue weighted by atomic mass is 9.96. The lowest BCUT2D eigenvalue weighted by Gasteiger charge is -2.21. The van der Waals surface area contributed by atoms with Gasteiger partial charge in [0.1, 0.15) is 6.29 Å². The lowest BCUT2D eigenvalue weighted by Crippen LogP contribution is -2.19. The van der Waals surface area contributed by atoms with E-state index >= 15 is 0 Å². The van der Waals surface area contributed by atoms with E-state index in [0.29, 0.717) is 17.8 Å². The molecular formula is C9H14O2. The van der Waals surface area contributed by atoms with Crippen molar-refractivity contribution >= 4 is 6.29 Å². The van der Waals surface area contributed by atoms with Crippen molar-refractivity contribution in [3.05, 3.63) is 0 Å². The van der Waals surface area contributed by atoms with Crippen LogP contribution in [0.4, 0.5) is 0 Å². The molecule has 1 heterocycles. The van der Waals surface area contributed by atoms with Gasteiger partial charge in [0.2, 0.25) is 0 Å². The predicted octanol–water partition coefficient (Wildman–Crippen LogP) is 1.25. The van der Waals surface area contributed by atoms with Crippen LogP contribution in [0.2, 0.25) is 0 Å². The Labute approximate surface area is 66.9 Å². The zero-order valence-electron chi connectivity index (χ0n) is 6.66. The van der Waals surface area contributed by atoms with E-state index in [0.717, 1.165) is 25.9 Å². The van der Waals surface area contributed by atoms with Crippen LogP contribution in [0.15, 0.2) is 0 Å². The second-order valence-corrected chi connectivity index (χ2v) is 3.68. The molecule has 1 saturated heterocycles. The van der Waals surface area contributed by atoms with Gasteiger partial charge in [-0.25, -0.2) is 0 Å². The summed E-state index contributed by atoms with van der Waals surface area (Å²) in [6.07, 6.45) is 4.69. The van der Waals surface area contributed by atoms with E-state index in [1.54, 1.807) is 0 Å². The smallest absolute Gasteiger partial charge is 0.123 e. The topological polar surface area (TPSA) is 26.3 Å². The number of carbonyl (C=O) groups is 1. The van der Waals surface area contributed by atoms with Crippen molar-refractivity contribution < 1.29 is 9.53 Å². The van der Waals surface area contributed by atoms with Gasteiger partial charge >= 0.3 is 0 Å². The quantitative estimate of drug-likeness (QED) is 0.559. The van der Waals surface area contributed by atoms with E-state index in [-0.39, 0.29) is 0 Å². The van der Waals surface area contributed by atoms with Gasteiger partial charge in [-0.3, -0.25) is 0 Å². The van der Waals surface area contributed by atoms with Gasteiger partial charge in [-0.05, 0) is 31.1 Å². The van der Waals surface area contributed by atoms with Crippen LogP contribution in [0, 0.1) is 17.8 Å². The fourth-order valence-corrected chi connectivity index (χ4v) is 2.04. The highest BCUT2D eigenvalue weighted by Gasteiger charge is 2.42. The molecule has 0 radical (unpaired) electrons. The maximum absolute atomic E-state index is 10.4. The van der Waals surface area contributed by atoms with E-state index in [1.165, 1.54) is 12.8 Å². The molecule has 2 rings (SSSR count). The van der Waals surface area contributed by atoms with E-state index < -0.39 is 0 Å². The second-order valence-electron chi connectivity index (χ2n) is 3.68. The Bertz CT molecular complexity index is 150. The highest BCUT2D eigenvalue weighted by Crippen LogP contribution is 2.45. The molecule has 0 aromatic rings. The summed E-state index contributed by atoms with van der Waals surface area (Å²) in [5.74, 6) is 1.74. The average Bonchev–Trinajstić information content (AvgIpc) is 2.85. The average molecular weight is 154 g/mol. The van der Waals surface area contributed by atoms with Crippen LogP contribution >= 0.6 is 0 Å². The van der Waals surface area contributed by atoms with Gasteiger partial charge in [0.25, 0.3) is 0 Å². The number of hydrogen-bond acceptors (Lipinski definition) is 2. The molecule has 0 spiro atoms. The largest absolute Gasteiger partial charge is 0.381 e. The van der Waals surface area contributed by atoms with Crippen LogP contribution in [0.3, 0.4) is 0 Å². The van der Waals surface area contributed by atoms with Crippen molar-refractivity contribution in [1.29, 1.82) is 0 Å². The van der Waals surface area contributed by atoms with Crippen molar-refractivity contribution in [2.75, 3.05) is 13.2 Å². The minimum Gasteiger partial charge on any atom is -0.381 e. The van der Waals surface area contributed by atoms with Gasteiger partial charge in [-0.15, -0.1) is 0 Å². The van der Waals surface area contributed by atoms with Gasteiger partial charge in [0.15, 0.2) is 0 Å². The molecule has 2 heteroatoms. The third-order valence-electron chi connectivity index (χ3n) is 2.87. The summed E-state index contributed by atoms with van der Waals surface area (Å²) in [7, 11) is 0. The van der Waals surface area contributed by atoms with Gasteiger partial charge in [-0.2, -0.15) is 0 Å². The number of carbonyl (C=O) groups excluding carboxylic acids is 1. The minimum absolute atomic E-state index is 0.377. The predicted molar refractivity (Wildman–Crippen MR) is 41.2 cm³/mol. The molecule has 3 atom stereocenters. The Hall–Kier alpha value is -0.370. The number of hydrogen-bond donors (Lipinski definition) is 0. The molecule has 2 aliphatic rings. The monoisotopic (exact) mass is 154 g/mol. The summed E-state index contributed by atoms with van der Waals surface area (Å²) in [6.45, 7) is 1.82. The maximum Gasteiger partial charge on any atom is 0.123 e. The van der Waals surface area contributed by atoms with Gasteiger partial charge in [0.05, 0.1) is 0 Å². The summed E-state index contributed by atoms with van der Waals surface area (Å²) in [6, 6.07) is 0. The van der Waals surface area contributed by atoms with Crippen LogP contribution in [-0.4, -0.2) is 19.5 Å². The highest BCUT2D eigenvalue weighted by molar-refractivity contribution is 5.58. The molecule has 2 nitrogen and oxygen atoms in total. The molecule has 2 fully saturated rings. The minimum atomic E-state index is 0.377. The van der Waals surface area contributed by atoms with Crippen molar-refractivity contribution in [2.24, 2.45) is 17.8 Å². The first-order valence-corrected chi connectivity index (χ1v) is 4.45. The Morgan fingerprint density at radius 2 is 2.36 bits per heavy atom. The third kappa shape index (κ3) is 1.45. The molecule has 1 aliphatic carbocycles. The molecule has 0 N–H and O–H groups in total. The normalized spacial score (nSPS) is 43.5. The Balaban J connectivity index is 1.81. The van der Waals surface area contributed by atoms with Gasteiger partial charge in [-0.1, -0.05) is 0 Å². The lowest BCUT2D eigenvalue weighted by molar-refractivity contribution is -0.109. The number of rotatable bonds is 2. The van der Waals surface area contributed by atoms with Crippen LogP contribution in [0.1, 0.15) is 19.3 Å². The molecule has 0 amide bonds. The van der Waals surface area contributed by atoms with Crippen molar-refractivity contribution in [3.8, 4) is 0 Å². The maximum atomic E-state index is 10.4. The fraction of sp³-hybridized carbons (Fsp3) is 0.889. The van der Waals surface area contributed by atoms with Crippen molar-refractivity contribution in [1.82, 2.24) is 0 Å². The summed E-state index contributed by atoms with van der Waals surface area (Å²) >= 11 is 0. The molecule has 62 valence electrons. The standard InChI is InChI=1S/C9H14O2/c10-5-8-4-9(8)7-2-1-3-11-6-7/h5,7-9H,1-4,6H2. The first-order valence-electron chi connectivity index (χ1n) is 4.45. The SMILES string of the molecule is O=CC1CC1C1CCCOC1. The summed E-state index contributed by atoms with van der Waals surface area (Å²) in [5, 5.41) is 0. The molecule has 11 heavy (non-hydrogen) atoms. The van der Waals surface area contributed by atoms with Crippen molar-refractivity contribution in [2.45, 2.75) is 19.3 Å². The molecule has 1 aliphatic heterocycles. The van der Waals surface area contributed by atoms with E-state index in [9.17, 15) is 4.79 Å². The van der Waals surface area contributed by atoms with Gasteiger partial charge in [0, 0.05) is 19.1 Å². The molecular weight excluding hydrogens is 140 g/mol. The summed E-state index contributed by atoms with van der Waals surface area (Å²) in [5.41, 5.74) is 0. The molecule has 3 unspecified atom stereocenters. The van der Waals surface area contributed by atoms with Crippen LogP contribution in [-0.2, 0) is 9.53 Å². The van der Waals surface area contributed by atoms with Crippen LogP contribution in [0.25, 0.3) is 0 Å². The second kappa shape index (κ2) is 2.94. The van der Waals surface area contributed by atoms with E-state index in [1.807, 2.05) is 0 Å². The van der Waals surface area contributed by atoms with Crippen LogP contribution in [0.5, 0.6) is 0 Å². The number of ether oxygens (including phenoxy) is 1. The van der Waals surface area contributed by atoms with E-state index in [4.69, 9.17) is 4.74 Å². The fourth-order valence-electron chi connectivity index (χ4n) is 2.04. The molecule has 0 aromatic carbocycles. The molecule has 1 saturated carbocycles. The zero-order valence-corrected chi connectivity index (χ0v) is 6.66. The first kappa shape index (κ1) is 7.29. The summed E-state index contributed by atoms with van der Waals surface area (Å²) in [4.78, 5) is 10.4. The Kier molecular flexibility index (Phi) is 1.95. The van der Waals surface area contributed by atoms with Crippen LogP contribution < -0.4 is 0 Å². The third-order valence-corrected chi connectivity index (χ3v) is 2.87. The van der Waals surface area contributed by atoms with Gasteiger partial charge < -0.3 is 9.53 Å². The first-order chi connectivity index (χ1) is 5.42. The van der Waals surface area contributed by atoms with Crippen molar-refractivity contribution in [3.63, 3.8) is 0 Å². The summed E-state index contributed by atoms with van der Waals surface area (Å²) < 4.78 is 5.36. The Morgan fingerprint density at radius 1 is 1.45 bits per heavy atom. The molecule has 0 bridgehead atoms. The highest BCUT2D eigenvalue weighted by atomic mass is 16.5. The van der Waals surface area contributed by atoms with E-state index in [2.05, 4.69) is 0 Å². The number of aldehydes is 1. The Morgan fingerprint density at radius 3 is 2.91 bits per heavy atom. The zero-order chi connectivity index (χ0) is 7.68. The molecule has 0 aromatic heterocycles.